The number of carbonyl (C=O) groups excluding carboxylic acids is 6. The van der Waals surface area contributed by atoms with Crippen molar-refractivity contribution in [2.75, 3.05) is 13.2 Å². The fourth-order valence-corrected chi connectivity index (χ4v) is 5.55. The minimum Gasteiger partial charge on any atom is -0.481 e. The molecule has 0 bridgehead atoms. The molecule has 0 aromatic rings. The highest BCUT2D eigenvalue weighted by atomic mass is 16.4. The summed E-state index contributed by atoms with van der Waals surface area (Å²) in [6, 6.07) is -2.99. The predicted molar refractivity (Wildman–Crippen MR) is 190 cm³/mol. The largest absolute Gasteiger partial charge is 0.481 e. The number of Topliss-reactive ketones (excluding diaryl/α,β-unsaturated/α-hetero) is 3. The molecule has 0 heterocycles. The fraction of sp³-hybridized carbons (Fsp3) is 0.722. The van der Waals surface area contributed by atoms with Gasteiger partial charge in [0.2, 0.25) is 17.7 Å². The van der Waals surface area contributed by atoms with Crippen molar-refractivity contribution in [3.8, 4) is 0 Å². The van der Waals surface area contributed by atoms with Crippen molar-refractivity contribution in [3.63, 3.8) is 0 Å². The van der Waals surface area contributed by atoms with Gasteiger partial charge < -0.3 is 41.5 Å². The van der Waals surface area contributed by atoms with Crippen molar-refractivity contribution < 1.29 is 73.5 Å². The summed E-state index contributed by atoms with van der Waals surface area (Å²) in [5.74, 6) is -11.6. The first-order valence-corrected chi connectivity index (χ1v) is 18.4. The third-order valence-electron chi connectivity index (χ3n) is 8.94. The zero-order valence-electron chi connectivity index (χ0n) is 31.1. The molecule has 0 aromatic heterocycles. The Balaban J connectivity index is 4.83. The number of aliphatic hydroxyl groups excluding tert-OH is 1. The Kier molecular flexibility index (Phi) is 25.4. The molecule has 0 aromatic carbocycles. The van der Waals surface area contributed by atoms with E-state index in [1.807, 2.05) is 13.8 Å². The highest BCUT2D eigenvalue weighted by Gasteiger charge is 2.28. The third-order valence-corrected chi connectivity index (χ3v) is 8.94. The zero-order valence-corrected chi connectivity index (χ0v) is 31.1. The van der Waals surface area contributed by atoms with Gasteiger partial charge >= 0.3 is 23.9 Å². The van der Waals surface area contributed by atoms with E-state index in [0.29, 0.717) is 32.1 Å². The van der Waals surface area contributed by atoms with E-state index in [-0.39, 0.29) is 69.0 Å². The van der Waals surface area contributed by atoms with Crippen molar-refractivity contribution in [3.05, 3.63) is 0 Å². The summed E-state index contributed by atoms with van der Waals surface area (Å²) in [4.78, 5) is 120. The molecule has 306 valence electrons. The van der Waals surface area contributed by atoms with Crippen LogP contribution in [0.3, 0.4) is 0 Å². The van der Waals surface area contributed by atoms with E-state index in [0.717, 1.165) is 6.42 Å². The summed E-state index contributed by atoms with van der Waals surface area (Å²) in [5, 5.41) is 54.1. The highest BCUT2D eigenvalue weighted by molar-refractivity contribution is 5.88. The van der Waals surface area contributed by atoms with Crippen LogP contribution in [0.15, 0.2) is 0 Å². The summed E-state index contributed by atoms with van der Waals surface area (Å²) >= 11 is 0. The number of carboxylic acid groups (broad SMARTS) is 4. The Hall–Kier alpha value is -4.74. The SMILES string of the molecule is CCCCC(=O)C[C@@H](CCC(=O)N[C@@H](CCC(=O)C[C@@H](CCC(=O)N[C@@H](CCC(=O)NCCCC[C@H](CC)C(=O)CO)C(=O)O)C(=O)O)C(=O)O)C(=O)O. The Morgan fingerprint density at radius 3 is 1.39 bits per heavy atom. The summed E-state index contributed by atoms with van der Waals surface area (Å²) < 4.78 is 0. The topological polar surface area (TPSA) is 308 Å². The molecule has 0 spiro atoms. The van der Waals surface area contributed by atoms with E-state index in [1.165, 1.54) is 0 Å². The molecule has 0 unspecified atom stereocenters. The van der Waals surface area contributed by atoms with E-state index in [4.69, 9.17) is 5.11 Å². The number of carboxylic acids is 4. The predicted octanol–water partition coefficient (Wildman–Crippen LogP) is 1.63. The summed E-state index contributed by atoms with van der Waals surface area (Å²) in [7, 11) is 0. The van der Waals surface area contributed by atoms with Gasteiger partial charge in [0.1, 0.15) is 30.3 Å². The van der Waals surface area contributed by atoms with E-state index in [1.54, 1.807) is 0 Å². The van der Waals surface area contributed by atoms with Crippen LogP contribution in [-0.2, 0) is 47.9 Å². The first-order chi connectivity index (χ1) is 25.4. The number of carbonyl (C=O) groups is 10. The number of nitrogens with one attached hydrogen (secondary N) is 3. The second-order valence-corrected chi connectivity index (χ2v) is 13.3. The first kappa shape index (κ1) is 49.3. The van der Waals surface area contributed by atoms with E-state index >= 15 is 0 Å². The lowest BCUT2D eigenvalue weighted by Crippen LogP contribution is -2.42. The molecule has 0 aliphatic rings. The molecule has 0 fully saturated rings. The molecule has 18 nitrogen and oxygen atoms in total. The number of hydrogen-bond acceptors (Lipinski definition) is 11. The molecular weight excluding hydrogens is 714 g/mol. The van der Waals surface area contributed by atoms with Crippen LogP contribution >= 0.6 is 0 Å². The van der Waals surface area contributed by atoms with Gasteiger partial charge in [-0.2, -0.15) is 0 Å². The molecule has 0 saturated heterocycles. The maximum Gasteiger partial charge on any atom is 0.326 e. The number of hydrogen-bond donors (Lipinski definition) is 8. The van der Waals surface area contributed by atoms with Gasteiger partial charge in [-0.15, -0.1) is 0 Å². The van der Waals surface area contributed by atoms with Crippen LogP contribution in [0.2, 0.25) is 0 Å². The Labute approximate surface area is 314 Å². The molecule has 5 atom stereocenters. The van der Waals surface area contributed by atoms with E-state index in [9.17, 15) is 68.4 Å². The maximum absolute atomic E-state index is 12.6. The van der Waals surface area contributed by atoms with Gasteiger partial charge in [0.25, 0.3) is 0 Å². The van der Waals surface area contributed by atoms with Crippen molar-refractivity contribution in [1.82, 2.24) is 16.0 Å². The standard InChI is InChI=1S/C36H57N3O15/c1-3-5-9-25(41)19-23(33(47)48)10-15-31(45)38-27(35(51)52)13-12-26(42)20-24(34(49)50)11-16-32(46)39-28(36(53)54)14-17-30(44)37-18-7-6-8-22(4-2)29(43)21-40/h22-24,27-28,40H,3-21H2,1-2H3,(H,37,44)(H,38,45)(H,39,46)(H,47,48)(H,49,50)(H,51,52)(H,53,54)/t22-,23+,24+,27-,28-/m0/s1. The molecule has 0 rings (SSSR count). The lowest BCUT2D eigenvalue weighted by atomic mass is 9.94. The van der Waals surface area contributed by atoms with Crippen molar-refractivity contribution >= 4 is 58.9 Å². The molecule has 54 heavy (non-hydrogen) atoms. The molecule has 0 radical (unpaired) electrons. The lowest BCUT2D eigenvalue weighted by molar-refractivity contribution is -0.145. The molecule has 0 aliphatic heterocycles. The average Bonchev–Trinajstić information content (AvgIpc) is 3.11. The smallest absolute Gasteiger partial charge is 0.326 e. The van der Waals surface area contributed by atoms with E-state index in [2.05, 4.69) is 16.0 Å². The molecule has 3 amide bonds. The van der Waals surface area contributed by atoms with Crippen molar-refractivity contribution in [1.29, 1.82) is 0 Å². The second-order valence-electron chi connectivity index (χ2n) is 13.3. The number of aliphatic carboxylic acids is 4. The van der Waals surface area contributed by atoms with Gasteiger partial charge in [-0.05, 0) is 51.4 Å². The number of rotatable bonds is 33. The zero-order chi connectivity index (χ0) is 41.2. The Morgan fingerprint density at radius 1 is 0.500 bits per heavy atom. The fourth-order valence-electron chi connectivity index (χ4n) is 5.55. The monoisotopic (exact) mass is 771 g/mol. The van der Waals surface area contributed by atoms with Crippen LogP contribution in [0.25, 0.3) is 0 Å². The lowest BCUT2D eigenvalue weighted by Gasteiger charge is -2.17. The van der Waals surface area contributed by atoms with Crippen LogP contribution in [0, 0.1) is 17.8 Å². The Morgan fingerprint density at radius 2 is 0.963 bits per heavy atom. The van der Waals surface area contributed by atoms with Crippen LogP contribution in [0.4, 0.5) is 0 Å². The maximum atomic E-state index is 12.6. The van der Waals surface area contributed by atoms with Gasteiger partial charge in [-0.1, -0.05) is 26.7 Å². The molecule has 8 N–H and O–H groups in total. The third kappa shape index (κ3) is 22.4. The van der Waals surface area contributed by atoms with Crippen LogP contribution < -0.4 is 16.0 Å². The van der Waals surface area contributed by atoms with E-state index < -0.39 is 104 Å². The number of ketones is 3. The number of amides is 3. The minimum absolute atomic E-state index is 0.209. The minimum atomic E-state index is -1.54. The summed E-state index contributed by atoms with van der Waals surface area (Å²) in [6.45, 7) is 3.48. The molecule has 0 aliphatic carbocycles. The van der Waals surface area contributed by atoms with Gasteiger partial charge in [0, 0.05) is 57.4 Å². The molecule has 18 heteroatoms. The van der Waals surface area contributed by atoms with Gasteiger partial charge in [0.15, 0.2) is 5.78 Å². The van der Waals surface area contributed by atoms with Crippen molar-refractivity contribution in [2.24, 2.45) is 17.8 Å². The molecule has 0 saturated carbocycles. The average molecular weight is 772 g/mol. The number of aliphatic hydroxyl groups is 1. The summed E-state index contributed by atoms with van der Waals surface area (Å²) in [5.41, 5.74) is 0. The Bertz CT molecular complexity index is 1300. The summed E-state index contributed by atoms with van der Waals surface area (Å²) in [6.07, 6.45) is 0.343. The quantitative estimate of drug-likeness (QED) is 0.0440. The first-order valence-electron chi connectivity index (χ1n) is 18.4. The van der Waals surface area contributed by atoms with Crippen LogP contribution in [0.1, 0.15) is 123 Å². The van der Waals surface area contributed by atoms with Crippen molar-refractivity contribution in [2.45, 2.75) is 135 Å². The van der Waals surface area contributed by atoms with Crippen LogP contribution in [0.5, 0.6) is 0 Å². The van der Waals surface area contributed by atoms with Crippen LogP contribution in [-0.4, -0.2) is 110 Å². The van der Waals surface area contributed by atoms with Gasteiger partial charge in [-0.25, -0.2) is 9.59 Å². The highest BCUT2D eigenvalue weighted by Crippen LogP contribution is 2.17. The number of unbranched alkanes of at least 4 members (excludes halogenated alkanes) is 2. The normalized spacial score (nSPS) is 13.7. The van der Waals surface area contributed by atoms with Gasteiger partial charge in [0.05, 0.1) is 11.8 Å². The molecular formula is C36H57N3O15. The second kappa shape index (κ2) is 27.8. The van der Waals surface area contributed by atoms with Gasteiger partial charge in [-0.3, -0.25) is 38.4 Å².